The fraction of sp³-hybridized carbons (Fsp3) is 1.00. The van der Waals surface area contributed by atoms with E-state index in [1.807, 2.05) is 0 Å². The largest absolute Gasteiger partial charge is 0.499 e. The van der Waals surface area contributed by atoms with E-state index in [1.165, 1.54) is 0 Å². The lowest BCUT2D eigenvalue weighted by molar-refractivity contribution is -0.0454. The summed E-state index contributed by atoms with van der Waals surface area (Å²) in [5.41, 5.74) is -18.4. The average molecular weight is 536 g/mol. The van der Waals surface area contributed by atoms with E-state index in [0.29, 0.717) is 0 Å². The zero-order valence-electron chi connectivity index (χ0n) is 12.8. The van der Waals surface area contributed by atoms with Crippen molar-refractivity contribution in [3.8, 4) is 0 Å². The summed E-state index contributed by atoms with van der Waals surface area (Å²) >= 11 is 0. The molecule has 0 aromatic heterocycles. The van der Waals surface area contributed by atoms with Crippen molar-refractivity contribution < 1.29 is 82.9 Å². The third-order valence-corrected chi connectivity index (χ3v) is 7.42. The quantitative estimate of drug-likeness (QED) is 0.316. The predicted octanol–water partition coefficient (Wildman–Crippen LogP) is 1.82. The van der Waals surface area contributed by atoms with E-state index in [4.69, 9.17) is 0 Å². The van der Waals surface area contributed by atoms with Crippen molar-refractivity contribution in [1.29, 1.82) is 0 Å². The Bertz CT molecular complexity index is 819. The molecule has 0 rings (SSSR count). The molecule has 0 fully saturated rings. The number of hydrogen-bond acceptors (Lipinski definition) is 10. The highest BCUT2D eigenvalue weighted by Crippen LogP contribution is 2.51. The van der Waals surface area contributed by atoms with Gasteiger partial charge in [-0.1, -0.05) is 0 Å². The van der Waals surface area contributed by atoms with Crippen molar-refractivity contribution in [3.05, 3.63) is 0 Å². The first-order chi connectivity index (χ1) is 12.4. The van der Waals surface area contributed by atoms with Gasteiger partial charge in [0.15, 0.2) is 17.8 Å². The van der Waals surface area contributed by atoms with Crippen LogP contribution in [0.2, 0.25) is 0 Å². The van der Waals surface area contributed by atoms with E-state index >= 15 is 0 Å². The standard InChI is InChI=1S/C6H6F9O10PS3/c7-4(8,9)27(17,18)1-23-26(16,24-2-28(19,20)5(10,11)12)25-3-29(21,22)6(13,14)15/h1-3H2. The number of hydrogen-bond donors (Lipinski definition) is 0. The topological polar surface area (TPSA) is 147 Å². The van der Waals surface area contributed by atoms with Crippen LogP contribution in [0.1, 0.15) is 0 Å². The van der Waals surface area contributed by atoms with Crippen molar-refractivity contribution >= 4 is 37.3 Å². The summed E-state index contributed by atoms with van der Waals surface area (Å²) in [6.45, 7) is 0. The molecule has 0 atom stereocenters. The molecule has 176 valence electrons. The van der Waals surface area contributed by atoms with Crippen molar-refractivity contribution in [2.75, 3.05) is 17.8 Å². The molecular weight excluding hydrogens is 530 g/mol. The van der Waals surface area contributed by atoms with Crippen LogP contribution in [0.5, 0.6) is 0 Å². The fourth-order valence-corrected chi connectivity index (χ4v) is 4.55. The zero-order chi connectivity index (χ0) is 23.7. The molecule has 0 N–H and O–H groups in total. The number of phosphoric ester groups is 1. The SMILES string of the molecule is O=P(OCS(=O)(=O)C(F)(F)F)(OCS(=O)(=O)C(F)(F)F)OCS(=O)(=O)C(F)(F)F. The third kappa shape index (κ3) is 7.83. The lowest BCUT2D eigenvalue weighted by atomic mass is 11.5. The van der Waals surface area contributed by atoms with E-state index in [2.05, 4.69) is 13.6 Å². The summed E-state index contributed by atoms with van der Waals surface area (Å²) in [4.78, 5) is 0. The average Bonchev–Trinajstić information content (AvgIpc) is 2.46. The second-order valence-electron chi connectivity index (χ2n) is 4.37. The first-order valence-electron chi connectivity index (χ1n) is 5.78. The highest BCUT2D eigenvalue weighted by molar-refractivity contribution is 7.93. The van der Waals surface area contributed by atoms with Crippen LogP contribution in [0, 0.1) is 0 Å². The second-order valence-corrected chi connectivity index (χ2v) is 11.8. The van der Waals surface area contributed by atoms with Crippen molar-refractivity contribution in [2.45, 2.75) is 16.5 Å². The minimum Gasteiger partial charge on any atom is -0.270 e. The molecule has 0 amide bonds. The van der Waals surface area contributed by atoms with Gasteiger partial charge in [-0.05, 0) is 0 Å². The Labute approximate surface area is 155 Å². The van der Waals surface area contributed by atoms with Gasteiger partial charge in [-0.15, -0.1) is 0 Å². The molecule has 0 aromatic rings. The predicted molar refractivity (Wildman–Crippen MR) is 70.4 cm³/mol. The molecule has 29 heavy (non-hydrogen) atoms. The Morgan fingerprint density at radius 1 is 0.517 bits per heavy atom. The van der Waals surface area contributed by atoms with Gasteiger partial charge in [0, 0.05) is 0 Å². The lowest BCUT2D eigenvalue weighted by Gasteiger charge is -2.19. The molecule has 0 radical (unpaired) electrons. The third-order valence-electron chi connectivity index (χ3n) is 2.16. The first-order valence-corrected chi connectivity index (χ1v) is 12.2. The van der Waals surface area contributed by atoms with Crippen LogP contribution in [0.25, 0.3) is 0 Å². The zero-order valence-corrected chi connectivity index (χ0v) is 16.1. The maximum Gasteiger partial charge on any atom is 0.499 e. The van der Waals surface area contributed by atoms with E-state index < -0.39 is 71.7 Å². The molecule has 0 aliphatic heterocycles. The molecule has 0 saturated carbocycles. The lowest BCUT2D eigenvalue weighted by Crippen LogP contribution is -2.30. The molecule has 0 aromatic carbocycles. The van der Waals surface area contributed by atoms with E-state index in [-0.39, 0.29) is 0 Å². The number of alkyl halides is 9. The van der Waals surface area contributed by atoms with E-state index in [9.17, 15) is 69.3 Å². The molecule has 10 nitrogen and oxygen atoms in total. The smallest absolute Gasteiger partial charge is 0.270 e. The van der Waals surface area contributed by atoms with Gasteiger partial charge in [0.2, 0.25) is 0 Å². The number of phosphoric acid groups is 1. The highest BCUT2D eigenvalue weighted by atomic mass is 32.2. The van der Waals surface area contributed by atoms with Crippen molar-refractivity contribution in [3.63, 3.8) is 0 Å². The van der Waals surface area contributed by atoms with Gasteiger partial charge in [-0.3, -0.25) is 13.6 Å². The van der Waals surface area contributed by atoms with Gasteiger partial charge in [-0.2, -0.15) is 39.5 Å². The van der Waals surface area contributed by atoms with Gasteiger partial charge in [0.1, 0.15) is 0 Å². The summed E-state index contributed by atoms with van der Waals surface area (Å²) in [7, 11) is -25.5. The van der Waals surface area contributed by atoms with Crippen molar-refractivity contribution in [1.82, 2.24) is 0 Å². The normalized spacial score (nSPS) is 15.5. The minimum absolute atomic E-state index is 2.80. The Morgan fingerprint density at radius 2 is 0.690 bits per heavy atom. The first kappa shape index (κ1) is 28.3. The van der Waals surface area contributed by atoms with Crippen LogP contribution in [0.4, 0.5) is 39.5 Å². The Kier molecular flexibility index (Phi) is 8.26. The second kappa shape index (κ2) is 8.46. The maximum atomic E-state index is 12.1. The van der Waals surface area contributed by atoms with Crippen LogP contribution in [-0.4, -0.2) is 59.6 Å². The molecule has 0 heterocycles. The fourth-order valence-electron chi connectivity index (χ4n) is 0.714. The summed E-state index contributed by atoms with van der Waals surface area (Å²) in [5, 5.41) is 0. The Morgan fingerprint density at radius 3 is 0.828 bits per heavy atom. The van der Waals surface area contributed by atoms with Gasteiger partial charge in [0.25, 0.3) is 29.5 Å². The summed E-state index contributed by atoms with van der Waals surface area (Å²) in [6.07, 6.45) is 0. The molecule has 0 aliphatic carbocycles. The molecule has 0 aliphatic rings. The van der Waals surface area contributed by atoms with Gasteiger partial charge >= 0.3 is 24.3 Å². The van der Waals surface area contributed by atoms with Crippen LogP contribution in [-0.2, 0) is 47.6 Å². The minimum atomic E-state index is -6.39. The molecular formula is C6H6F9O10PS3. The summed E-state index contributed by atoms with van der Waals surface area (Å²) in [6, 6.07) is 0. The van der Waals surface area contributed by atoms with Crippen LogP contribution < -0.4 is 0 Å². The number of halogens is 9. The molecule has 0 saturated heterocycles. The molecule has 0 bridgehead atoms. The number of sulfone groups is 3. The van der Waals surface area contributed by atoms with Gasteiger partial charge < -0.3 is 0 Å². The van der Waals surface area contributed by atoms with Crippen LogP contribution >= 0.6 is 7.82 Å². The van der Waals surface area contributed by atoms with Gasteiger partial charge in [0.05, 0.1) is 0 Å². The van der Waals surface area contributed by atoms with E-state index in [1.54, 1.807) is 0 Å². The molecule has 0 unspecified atom stereocenters. The summed E-state index contributed by atoms with van der Waals surface area (Å²) < 4.78 is 196. The molecule has 0 spiro atoms. The Hall–Kier alpha value is -0.670. The monoisotopic (exact) mass is 536 g/mol. The Balaban J connectivity index is 5.74. The van der Waals surface area contributed by atoms with Crippen LogP contribution in [0.15, 0.2) is 0 Å². The molecule has 23 heteroatoms. The van der Waals surface area contributed by atoms with Crippen molar-refractivity contribution in [2.24, 2.45) is 0 Å². The highest BCUT2D eigenvalue weighted by Gasteiger charge is 2.51. The van der Waals surface area contributed by atoms with Crippen LogP contribution in [0.3, 0.4) is 0 Å². The maximum absolute atomic E-state index is 12.1. The number of rotatable bonds is 9. The summed E-state index contributed by atoms with van der Waals surface area (Å²) in [5.74, 6) is -8.40. The van der Waals surface area contributed by atoms with E-state index in [0.717, 1.165) is 0 Å². The van der Waals surface area contributed by atoms with Gasteiger partial charge in [-0.25, -0.2) is 29.8 Å².